The van der Waals surface area contributed by atoms with Gasteiger partial charge in [-0.1, -0.05) is 6.92 Å². The van der Waals surface area contributed by atoms with E-state index >= 15 is 0 Å². The number of halogens is 1. The van der Waals surface area contributed by atoms with Crippen molar-refractivity contribution in [1.29, 1.82) is 0 Å². The molecule has 2 heterocycles. The Kier molecular flexibility index (Phi) is 4.47. The van der Waals surface area contributed by atoms with E-state index < -0.39 is 6.04 Å². The molecule has 1 atom stereocenters. The van der Waals surface area contributed by atoms with E-state index in [0.29, 0.717) is 19.5 Å². The third kappa shape index (κ3) is 2.87. The van der Waals surface area contributed by atoms with Crippen LogP contribution in [0.5, 0.6) is 0 Å². The first kappa shape index (κ1) is 15.0. The van der Waals surface area contributed by atoms with Gasteiger partial charge in [-0.15, -0.1) is 0 Å². The molecule has 0 bridgehead atoms. The molecule has 1 aliphatic rings. The summed E-state index contributed by atoms with van der Waals surface area (Å²) in [5.74, 6) is -0.131. The molecule has 1 unspecified atom stereocenters. The Morgan fingerprint density at radius 3 is 2.75 bits per heavy atom. The SMILES string of the molecule is CCc1nn(C)c(CN2CCC(=O)NC(C)C2=O)c1Br. The monoisotopic (exact) mass is 342 g/mol. The normalized spacial score (nSPS) is 20.0. The fourth-order valence-electron chi connectivity index (χ4n) is 2.33. The Morgan fingerprint density at radius 2 is 2.15 bits per heavy atom. The zero-order valence-corrected chi connectivity index (χ0v) is 13.5. The van der Waals surface area contributed by atoms with Gasteiger partial charge in [-0.2, -0.15) is 5.10 Å². The third-order valence-corrected chi connectivity index (χ3v) is 4.43. The van der Waals surface area contributed by atoms with Crippen molar-refractivity contribution in [3.63, 3.8) is 0 Å². The van der Waals surface area contributed by atoms with Crippen LogP contribution in [-0.2, 0) is 29.6 Å². The van der Waals surface area contributed by atoms with Crippen LogP contribution in [-0.4, -0.2) is 39.1 Å². The molecular formula is C13H19BrN4O2. The molecular weight excluding hydrogens is 324 g/mol. The molecule has 1 aromatic rings. The van der Waals surface area contributed by atoms with Crippen molar-refractivity contribution in [2.45, 2.75) is 39.3 Å². The topological polar surface area (TPSA) is 67.2 Å². The van der Waals surface area contributed by atoms with E-state index in [-0.39, 0.29) is 11.8 Å². The van der Waals surface area contributed by atoms with Gasteiger partial charge in [0.15, 0.2) is 0 Å². The van der Waals surface area contributed by atoms with Gasteiger partial charge in [0.2, 0.25) is 11.8 Å². The Morgan fingerprint density at radius 1 is 1.45 bits per heavy atom. The standard InChI is InChI=1S/C13H19BrN4O2/c1-4-9-12(14)10(17(3)16-9)7-18-6-5-11(19)15-8(2)13(18)20/h8H,4-7H2,1-3H3,(H,15,19). The number of rotatable bonds is 3. The van der Waals surface area contributed by atoms with Crippen molar-refractivity contribution < 1.29 is 9.59 Å². The van der Waals surface area contributed by atoms with Crippen molar-refractivity contribution in [2.24, 2.45) is 7.05 Å². The summed E-state index contributed by atoms with van der Waals surface area (Å²) in [7, 11) is 1.87. The molecule has 2 rings (SSSR count). The highest BCUT2D eigenvalue weighted by Gasteiger charge is 2.28. The average Bonchev–Trinajstić information content (AvgIpc) is 2.61. The first-order chi connectivity index (χ1) is 9.43. The van der Waals surface area contributed by atoms with Crippen LogP contribution in [0.15, 0.2) is 4.47 Å². The fourth-order valence-corrected chi connectivity index (χ4v) is 3.07. The number of nitrogens with zero attached hydrogens (tertiary/aromatic N) is 3. The summed E-state index contributed by atoms with van der Waals surface area (Å²) < 4.78 is 2.74. The largest absolute Gasteiger partial charge is 0.345 e. The second-order valence-electron chi connectivity index (χ2n) is 4.98. The summed E-state index contributed by atoms with van der Waals surface area (Å²) in [4.78, 5) is 25.5. The first-order valence-corrected chi connectivity index (χ1v) is 7.51. The second-order valence-corrected chi connectivity index (χ2v) is 5.78. The van der Waals surface area contributed by atoms with Gasteiger partial charge in [-0.3, -0.25) is 14.3 Å². The maximum atomic E-state index is 12.3. The maximum absolute atomic E-state index is 12.3. The van der Waals surface area contributed by atoms with Gasteiger partial charge in [0.05, 0.1) is 22.4 Å². The molecule has 110 valence electrons. The lowest BCUT2D eigenvalue weighted by atomic mass is 10.2. The Balaban J connectivity index is 2.22. The lowest BCUT2D eigenvalue weighted by Gasteiger charge is -2.22. The smallest absolute Gasteiger partial charge is 0.245 e. The van der Waals surface area contributed by atoms with Crippen LogP contribution < -0.4 is 5.32 Å². The van der Waals surface area contributed by atoms with Crippen LogP contribution in [0.4, 0.5) is 0 Å². The minimum atomic E-state index is -0.470. The van der Waals surface area contributed by atoms with E-state index in [1.54, 1.807) is 16.5 Å². The molecule has 1 aromatic heterocycles. The maximum Gasteiger partial charge on any atom is 0.245 e. The number of hydrogen-bond acceptors (Lipinski definition) is 3. The number of amides is 2. The Hall–Kier alpha value is -1.37. The molecule has 1 fully saturated rings. The van der Waals surface area contributed by atoms with Gasteiger partial charge >= 0.3 is 0 Å². The predicted molar refractivity (Wildman–Crippen MR) is 77.9 cm³/mol. The van der Waals surface area contributed by atoms with Gasteiger partial charge in [-0.05, 0) is 29.3 Å². The number of carbonyl (C=O) groups excluding carboxylic acids is 2. The Bertz CT molecular complexity index is 541. The highest BCUT2D eigenvalue weighted by molar-refractivity contribution is 9.10. The average molecular weight is 343 g/mol. The lowest BCUT2D eigenvalue weighted by Crippen LogP contribution is -2.42. The zero-order valence-electron chi connectivity index (χ0n) is 11.9. The minimum Gasteiger partial charge on any atom is -0.345 e. The van der Waals surface area contributed by atoms with E-state index in [2.05, 4.69) is 26.3 Å². The number of aryl methyl sites for hydroxylation is 2. The van der Waals surface area contributed by atoms with Crippen LogP contribution in [0.3, 0.4) is 0 Å². The summed E-state index contributed by atoms with van der Waals surface area (Å²) in [5.41, 5.74) is 1.93. The van der Waals surface area contributed by atoms with E-state index in [1.807, 2.05) is 14.0 Å². The molecule has 0 aliphatic carbocycles. The lowest BCUT2D eigenvalue weighted by molar-refractivity contribution is -0.133. The van der Waals surface area contributed by atoms with Crippen molar-refractivity contribution in [3.05, 3.63) is 15.9 Å². The highest BCUT2D eigenvalue weighted by Crippen LogP contribution is 2.23. The number of aromatic nitrogens is 2. The minimum absolute atomic E-state index is 0.0537. The van der Waals surface area contributed by atoms with Gasteiger partial charge in [0, 0.05) is 20.0 Å². The third-order valence-electron chi connectivity index (χ3n) is 3.51. The molecule has 0 aromatic carbocycles. The molecule has 7 heteroatoms. The molecule has 0 spiro atoms. The van der Waals surface area contributed by atoms with Gasteiger partial charge in [0.25, 0.3) is 0 Å². The van der Waals surface area contributed by atoms with Crippen LogP contribution in [0.25, 0.3) is 0 Å². The Labute approximate surface area is 126 Å². The van der Waals surface area contributed by atoms with Crippen LogP contribution in [0.2, 0.25) is 0 Å². The summed E-state index contributed by atoms with van der Waals surface area (Å²) in [5, 5.41) is 7.11. The molecule has 1 aliphatic heterocycles. The van der Waals surface area contributed by atoms with Crippen molar-refractivity contribution in [2.75, 3.05) is 6.54 Å². The predicted octanol–water partition coefficient (Wildman–Crippen LogP) is 0.982. The fraction of sp³-hybridized carbons (Fsp3) is 0.615. The molecule has 1 saturated heterocycles. The van der Waals surface area contributed by atoms with Crippen molar-refractivity contribution >= 4 is 27.7 Å². The molecule has 2 amide bonds. The number of carbonyl (C=O) groups is 2. The number of nitrogens with one attached hydrogen (secondary N) is 1. The van der Waals surface area contributed by atoms with E-state index in [0.717, 1.165) is 22.3 Å². The van der Waals surface area contributed by atoms with Crippen LogP contribution in [0.1, 0.15) is 31.7 Å². The molecule has 20 heavy (non-hydrogen) atoms. The van der Waals surface area contributed by atoms with Crippen molar-refractivity contribution in [3.8, 4) is 0 Å². The van der Waals surface area contributed by atoms with Crippen molar-refractivity contribution in [1.82, 2.24) is 20.0 Å². The van der Waals surface area contributed by atoms with E-state index in [4.69, 9.17) is 0 Å². The summed E-state index contributed by atoms with van der Waals surface area (Å²) in [6.07, 6.45) is 1.17. The molecule has 0 saturated carbocycles. The van der Waals surface area contributed by atoms with E-state index in [9.17, 15) is 9.59 Å². The van der Waals surface area contributed by atoms with Gasteiger partial charge < -0.3 is 10.2 Å². The number of hydrogen-bond donors (Lipinski definition) is 1. The molecule has 1 N–H and O–H groups in total. The van der Waals surface area contributed by atoms with E-state index in [1.165, 1.54) is 0 Å². The van der Waals surface area contributed by atoms with Crippen LogP contribution in [0, 0.1) is 0 Å². The zero-order chi connectivity index (χ0) is 14.9. The molecule has 6 nitrogen and oxygen atoms in total. The molecule has 0 radical (unpaired) electrons. The second kappa shape index (κ2) is 5.95. The highest BCUT2D eigenvalue weighted by atomic mass is 79.9. The summed E-state index contributed by atoms with van der Waals surface area (Å²) in [6.45, 7) is 4.66. The summed E-state index contributed by atoms with van der Waals surface area (Å²) in [6, 6.07) is -0.470. The van der Waals surface area contributed by atoms with Crippen LogP contribution >= 0.6 is 15.9 Å². The first-order valence-electron chi connectivity index (χ1n) is 6.72. The van der Waals surface area contributed by atoms with Gasteiger partial charge in [0.1, 0.15) is 6.04 Å². The summed E-state index contributed by atoms with van der Waals surface area (Å²) >= 11 is 3.55. The van der Waals surface area contributed by atoms with Gasteiger partial charge in [-0.25, -0.2) is 0 Å². The quantitative estimate of drug-likeness (QED) is 0.890.